The van der Waals surface area contributed by atoms with Crippen LogP contribution in [0.25, 0.3) is 0 Å². The Morgan fingerprint density at radius 2 is 2.40 bits per heavy atom. The average molecular weight is 221 g/mol. The van der Waals surface area contributed by atoms with Crippen molar-refractivity contribution in [2.45, 2.75) is 25.3 Å². The van der Waals surface area contributed by atoms with Crippen molar-refractivity contribution >= 4 is 11.6 Å². The summed E-state index contributed by atoms with van der Waals surface area (Å²) in [6.07, 6.45) is 1.77. The van der Waals surface area contributed by atoms with E-state index in [2.05, 4.69) is 11.4 Å². The molecule has 1 aliphatic carbocycles. The Bertz CT molecular complexity index is 422. The molecule has 0 heterocycles. The Labute approximate surface area is 94.9 Å². The second kappa shape index (κ2) is 3.84. The maximum atomic E-state index is 9.32. The molecule has 2 rings (SSSR count). The van der Waals surface area contributed by atoms with Gasteiger partial charge in [0, 0.05) is 5.02 Å². The van der Waals surface area contributed by atoms with Crippen molar-refractivity contribution in [2.75, 3.05) is 6.54 Å². The van der Waals surface area contributed by atoms with Crippen LogP contribution in [0.1, 0.15) is 24.5 Å². The fourth-order valence-electron chi connectivity index (χ4n) is 2.28. The van der Waals surface area contributed by atoms with E-state index in [0.717, 1.165) is 30.0 Å². The maximum absolute atomic E-state index is 9.32. The van der Waals surface area contributed by atoms with Crippen LogP contribution >= 0.6 is 11.6 Å². The van der Waals surface area contributed by atoms with Gasteiger partial charge in [-0.15, -0.1) is 0 Å². The number of nitriles is 1. The first-order valence-electron chi connectivity index (χ1n) is 5.17. The van der Waals surface area contributed by atoms with Crippen LogP contribution in [0.15, 0.2) is 18.2 Å². The molecule has 78 valence electrons. The van der Waals surface area contributed by atoms with E-state index < -0.39 is 5.54 Å². The van der Waals surface area contributed by atoms with Gasteiger partial charge in [-0.25, -0.2) is 0 Å². The highest BCUT2D eigenvalue weighted by molar-refractivity contribution is 6.30. The van der Waals surface area contributed by atoms with Crippen molar-refractivity contribution in [3.63, 3.8) is 0 Å². The fourth-order valence-corrected chi connectivity index (χ4v) is 2.48. The number of hydrogen-bond acceptors (Lipinski definition) is 2. The lowest BCUT2D eigenvalue weighted by Gasteiger charge is -2.23. The van der Waals surface area contributed by atoms with Gasteiger partial charge in [0.05, 0.1) is 6.07 Å². The lowest BCUT2D eigenvalue weighted by atomic mass is 9.93. The van der Waals surface area contributed by atoms with Gasteiger partial charge in [-0.1, -0.05) is 24.6 Å². The van der Waals surface area contributed by atoms with Gasteiger partial charge in [0.25, 0.3) is 0 Å². The molecule has 1 N–H and O–H groups in total. The Morgan fingerprint density at radius 1 is 1.60 bits per heavy atom. The Morgan fingerprint density at radius 3 is 3.07 bits per heavy atom. The van der Waals surface area contributed by atoms with Gasteiger partial charge in [0.1, 0.15) is 5.54 Å². The molecule has 0 amide bonds. The number of halogens is 1. The van der Waals surface area contributed by atoms with Crippen LogP contribution < -0.4 is 5.32 Å². The lowest BCUT2D eigenvalue weighted by Crippen LogP contribution is -2.38. The molecule has 0 saturated heterocycles. The third kappa shape index (κ3) is 1.62. The first-order valence-corrected chi connectivity index (χ1v) is 5.55. The van der Waals surface area contributed by atoms with Crippen LogP contribution in [0.5, 0.6) is 0 Å². The molecule has 0 spiro atoms. The van der Waals surface area contributed by atoms with Crippen LogP contribution in [0, 0.1) is 11.3 Å². The Balaban J connectivity index is 2.47. The first-order chi connectivity index (χ1) is 7.22. The topological polar surface area (TPSA) is 35.8 Å². The number of rotatable bonds is 2. The Kier molecular flexibility index (Phi) is 2.68. The summed E-state index contributed by atoms with van der Waals surface area (Å²) in [6, 6.07) is 8.19. The molecule has 0 fully saturated rings. The number of fused-ring (bicyclic) bond motifs is 1. The molecule has 1 aliphatic rings. The quantitative estimate of drug-likeness (QED) is 0.832. The van der Waals surface area contributed by atoms with Crippen molar-refractivity contribution in [3.8, 4) is 6.07 Å². The SMILES string of the molecule is CCNC1(C#N)CCc2cc(Cl)ccc21. The number of aryl methyl sites for hydroxylation is 1. The van der Waals surface area contributed by atoms with Gasteiger partial charge >= 0.3 is 0 Å². The van der Waals surface area contributed by atoms with Crippen molar-refractivity contribution in [2.24, 2.45) is 0 Å². The number of hydrogen-bond donors (Lipinski definition) is 1. The van der Waals surface area contributed by atoms with E-state index >= 15 is 0 Å². The molecule has 0 aliphatic heterocycles. The number of benzene rings is 1. The Hall–Kier alpha value is -1.04. The van der Waals surface area contributed by atoms with E-state index in [-0.39, 0.29) is 0 Å². The summed E-state index contributed by atoms with van der Waals surface area (Å²) < 4.78 is 0. The number of nitrogens with one attached hydrogen (secondary N) is 1. The minimum Gasteiger partial charge on any atom is -0.296 e. The number of nitrogens with zero attached hydrogens (tertiary/aromatic N) is 1. The molecule has 0 radical (unpaired) electrons. The molecule has 1 atom stereocenters. The smallest absolute Gasteiger partial charge is 0.132 e. The molecular formula is C12H13ClN2. The van der Waals surface area contributed by atoms with Gasteiger partial charge in [-0.05, 0) is 42.6 Å². The van der Waals surface area contributed by atoms with Gasteiger partial charge in [0.15, 0.2) is 0 Å². The summed E-state index contributed by atoms with van der Waals surface area (Å²) in [5.74, 6) is 0. The van der Waals surface area contributed by atoms with Crippen LogP contribution in [-0.4, -0.2) is 6.54 Å². The van der Waals surface area contributed by atoms with Crippen molar-refractivity contribution < 1.29 is 0 Å². The van der Waals surface area contributed by atoms with E-state index in [4.69, 9.17) is 11.6 Å². The second-order valence-corrected chi connectivity index (χ2v) is 4.29. The van der Waals surface area contributed by atoms with E-state index in [1.54, 1.807) is 0 Å². The fraction of sp³-hybridized carbons (Fsp3) is 0.417. The minimum atomic E-state index is -0.491. The van der Waals surface area contributed by atoms with Crippen molar-refractivity contribution in [3.05, 3.63) is 34.3 Å². The van der Waals surface area contributed by atoms with E-state index in [0.29, 0.717) is 0 Å². The summed E-state index contributed by atoms with van der Waals surface area (Å²) in [5, 5.41) is 13.3. The van der Waals surface area contributed by atoms with Gasteiger partial charge < -0.3 is 0 Å². The summed E-state index contributed by atoms with van der Waals surface area (Å²) >= 11 is 5.93. The van der Waals surface area contributed by atoms with E-state index in [1.165, 1.54) is 5.56 Å². The van der Waals surface area contributed by atoms with Gasteiger partial charge in [-0.2, -0.15) is 5.26 Å². The second-order valence-electron chi connectivity index (χ2n) is 3.85. The molecule has 0 saturated carbocycles. The van der Waals surface area contributed by atoms with Gasteiger partial charge in [0.2, 0.25) is 0 Å². The highest BCUT2D eigenvalue weighted by atomic mass is 35.5. The molecule has 1 aromatic rings. The zero-order valence-electron chi connectivity index (χ0n) is 8.68. The molecule has 3 heteroatoms. The minimum absolute atomic E-state index is 0.491. The molecular weight excluding hydrogens is 208 g/mol. The third-order valence-corrected chi connectivity index (χ3v) is 3.20. The standard InChI is InChI=1S/C12H13ClN2/c1-2-15-12(8-14)6-5-9-7-10(13)3-4-11(9)12/h3-4,7,15H,2,5-6H2,1H3. The zero-order valence-corrected chi connectivity index (χ0v) is 9.43. The molecule has 1 unspecified atom stereocenters. The van der Waals surface area contributed by atoms with Crippen LogP contribution in [0.2, 0.25) is 5.02 Å². The molecule has 0 bridgehead atoms. The van der Waals surface area contributed by atoms with Crippen molar-refractivity contribution in [1.29, 1.82) is 5.26 Å². The predicted octanol–water partition coefficient (Wildman–Crippen LogP) is 2.61. The maximum Gasteiger partial charge on any atom is 0.132 e. The zero-order chi connectivity index (χ0) is 10.9. The normalized spacial score (nSPS) is 23.5. The van der Waals surface area contributed by atoms with Crippen molar-refractivity contribution in [1.82, 2.24) is 5.32 Å². The predicted molar refractivity (Wildman–Crippen MR) is 60.7 cm³/mol. The molecule has 0 aromatic heterocycles. The van der Waals surface area contributed by atoms with Crippen LogP contribution in [0.4, 0.5) is 0 Å². The summed E-state index contributed by atoms with van der Waals surface area (Å²) in [7, 11) is 0. The monoisotopic (exact) mass is 220 g/mol. The highest BCUT2D eigenvalue weighted by Gasteiger charge is 2.38. The highest BCUT2D eigenvalue weighted by Crippen LogP contribution is 2.37. The molecule has 1 aromatic carbocycles. The largest absolute Gasteiger partial charge is 0.296 e. The first kappa shape index (κ1) is 10.5. The molecule has 15 heavy (non-hydrogen) atoms. The van der Waals surface area contributed by atoms with E-state index in [9.17, 15) is 5.26 Å². The summed E-state index contributed by atoms with van der Waals surface area (Å²) in [6.45, 7) is 2.82. The van der Waals surface area contributed by atoms with E-state index in [1.807, 2.05) is 25.1 Å². The van der Waals surface area contributed by atoms with Crippen LogP contribution in [0.3, 0.4) is 0 Å². The average Bonchev–Trinajstić information content (AvgIpc) is 2.58. The molecule has 2 nitrogen and oxygen atoms in total. The van der Waals surface area contributed by atoms with Gasteiger partial charge in [-0.3, -0.25) is 5.32 Å². The third-order valence-electron chi connectivity index (χ3n) is 2.97. The lowest BCUT2D eigenvalue weighted by molar-refractivity contribution is 0.437. The van der Waals surface area contributed by atoms with Crippen LogP contribution in [-0.2, 0) is 12.0 Å². The summed E-state index contributed by atoms with van der Waals surface area (Å²) in [5.41, 5.74) is 1.80. The summed E-state index contributed by atoms with van der Waals surface area (Å²) in [4.78, 5) is 0.